The van der Waals surface area contributed by atoms with Crippen LogP contribution in [0.25, 0.3) is 0 Å². The quantitative estimate of drug-likeness (QED) is 0.658. The van der Waals surface area contributed by atoms with Crippen molar-refractivity contribution in [3.05, 3.63) is 69.8 Å². The van der Waals surface area contributed by atoms with Gasteiger partial charge in [-0.3, -0.25) is 19.8 Å². The van der Waals surface area contributed by atoms with E-state index in [0.717, 1.165) is 16.8 Å². The van der Waals surface area contributed by atoms with E-state index in [-0.39, 0.29) is 11.6 Å². The Kier molecular flexibility index (Phi) is 5.60. The van der Waals surface area contributed by atoms with Gasteiger partial charge in [0.1, 0.15) is 6.04 Å². The van der Waals surface area contributed by atoms with Gasteiger partial charge in [-0.05, 0) is 24.6 Å². The van der Waals surface area contributed by atoms with Crippen LogP contribution >= 0.6 is 0 Å². The number of nitrogens with zero attached hydrogens (tertiary/aromatic N) is 2. The molecular weight excluding hydrogens is 334 g/mol. The van der Waals surface area contributed by atoms with Crippen LogP contribution in [0.1, 0.15) is 17.2 Å². The standard InChI is InChI=1S/C19H21N3O4/c1-14-2-6-16(7-3-14)20-19(23)18(21-10-12-26-13-11-21)15-4-8-17(9-5-15)22(24)25/h2-9,18H,10-13H2,1H3,(H,20,23). The summed E-state index contributed by atoms with van der Waals surface area (Å²) in [6, 6.07) is 13.2. The summed E-state index contributed by atoms with van der Waals surface area (Å²) in [6.07, 6.45) is 0. The Bertz CT molecular complexity index is 768. The lowest BCUT2D eigenvalue weighted by Crippen LogP contribution is -2.43. The third-order valence-electron chi connectivity index (χ3n) is 4.40. The summed E-state index contributed by atoms with van der Waals surface area (Å²) in [5.74, 6) is -0.162. The number of amides is 1. The summed E-state index contributed by atoms with van der Waals surface area (Å²) in [5, 5.41) is 13.8. The summed E-state index contributed by atoms with van der Waals surface area (Å²) in [4.78, 5) is 25.5. The van der Waals surface area contributed by atoms with Gasteiger partial charge in [-0.15, -0.1) is 0 Å². The van der Waals surface area contributed by atoms with Crippen LogP contribution in [0.3, 0.4) is 0 Å². The van der Waals surface area contributed by atoms with Crippen molar-refractivity contribution >= 4 is 17.3 Å². The van der Waals surface area contributed by atoms with Crippen molar-refractivity contribution in [3.63, 3.8) is 0 Å². The highest BCUT2D eigenvalue weighted by Gasteiger charge is 2.29. The minimum Gasteiger partial charge on any atom is -0.379 e. The van der Waals surface area contributed by atoms with Crippen LogP contribution < -0.4 is 5.32 Å². The number of carbonyl (C=O) groups is 1. The number of hydrogen-bond donors (Lipinski definition) is 1. The molecule has 0 aliphatic carbocycles. The number of rotatable bonds is 5. The fraction of sp³-hybridized carbons (Fsp3) is 0.316. The summed E-state index contributed by atoms with van der Waals surface area (Å²) < 4.78 is 5.38. The lowest BCUT2D eigenvalue weighted by atomic mass is 10.0. The van der Waals surface area contributed by atoms with Crippen LogP contribution in [0.4, 0.5) is 11.4 Å². The van der Waals surface area contributed by atoms with Crippen molar-refractivity contribution in [2.45, 2.75) is 13.0 Å². The maximum Gasteiger partial charge on any atom is 0.269 e. The van der Waals surface area contributed by atoms with E-state index in [9.17, 15) is 14.9 Å². The largest absolute Gasteiger partial charge is 0.379 e. The molecular formula is C19H21N3O4. The fourth-order valence-corrected chi connectivity index (χ4v) is 2.99. The van der Waals surface area contributed by atoms with Gasteiger partial charge in [-0.1, -0.05) is 29.8 Å². The molecule has 0 radical (unpaired) electrons. The Morgan fingerprint density at radius 1 is 1.12 bits per heavy atom. The Hall–Kier alpha value is -2.77. The SMILES string of the molecule is Cc1ccc(NC(=O)C(c2ccc([N+](=O)[O-])cc2)N2CCOCC2)cc1. The molecule has 2 aromatic carbocycles. The number of nitro groups is 1. The second-order valence-corrected chi connectivity index (χ2v) is 6.25. The van der Waals surface area contributed by atoms with Gasteiger partial charge in [0.25, 0.3) is 5.69 Å². The molecule has 1 atom stereocenters. The molecule has 1 fully saturated rings. The molecule has 1 heterocycles. The molecule has 0 saturated carbocycles. The Morgan fingerprint density at radius 3 is 2.31 bits per heavy atom. The zero-order valence-electron chi connectivity index (χ0n) is 14.6. The minimum absolute atomic E-state index is 0.00780. The van der Waals surface area contributed by atoms with Gasteiger partial charge < -0.3 is 10.1 Å². The van der Waals surface area contributed by atoms with Crippen LogP contribution in [0, 0.1) is 17.0 Å². The third-order valence-corrected chi connectivity index (χ3v) is 4.40. The smallest absolute Gasteiger partial charge is 0.269 e. The molecule has 26 heavy (non-hydrogen) atoms. The predicted molar refractivity (Wildman–Crippen MR) is 98.0 cm³/mol. The summed E-state index contributed by atoms with van der Waals surface area (Å²) in [5.41, 5.74) is 2.57. The summed E-state index contributed by atoms with van der Waals surface area (Å²) in [6.45, 7) is 4.35. The van der Waals surface area contributed by atoms with Crippen LogP contribution in [-0.4, -0.2) is 42.0 Å². The summed E-state index contributed by atoms with van der Waals surface area (Å²) in [7, 11) is 0. The number of aryl methyl sites for hydroxylation is 1. The highest BCUT2D eigenvalue weighted by atomic mass is 16.6. The zero-order valence-corrected chi connectivity index (χ0v) is 14.6. The number of carbonyl (C=O) groups excluding carboxylic acids is 1. The van der Waals surface area contributed by atoms with Gasteiger partial charge in [0.05, 0.1) is 18.1 Å². The van der Waals surface area contributed by atoms with E-state index in [4.69, 9.17) is 4.74 Å². The van der Waals surface area contributed by atoms with Gasteiger partial charge in [0.15, 0.2) is 0 Å². The molecule has 3 rings (SSSR count). The molecule has 0 aromatic heterocycles. The second-order valence-electron chi connectivity index (χ2n) is 6.25. The number of anilines is 1. The number of hydrogen-bond acceptors (Lipinski definition) is 5. The predicted octanol–water partition coefficient (Wildman–Crippen LogP) is 2.92. The van der Waals surface area contributed by atoms with Crippen LogP contribution in [0.15, 0.2) is 48.5 Å². The fourth-order valence-electron chi connectivity index (χ4n) is 2.99. The van der Waals surface area contributed by atoms with Gasteiger partial charge in [0.2, 0.25) is 5.91 Å². The maximum absolute atomic E-state index is 13.0. The molecule has 136 valence electrons. The average molecular weight is 355 g/mol. The molecule has 2 aromatic rings. The molecule has 1 aliphatic rings. The molecule has 7 nitrogen and oxygen atoms in total. The molecule has 0 bridgehead atoms. The third kappa shape index (κ3) is 4.25. The van der Waals surface area contributed by atoms with Crippen molar-refractivity contribution in [1.29, 1.82) is 0 Å². The molecule has 1 amide bonds. The van der Waals surface area contributed by atoms with E-state index in [1.54, 1.807) is 12.1 Å². The zero-order chi connectivity index (χ0) is 18.5. The van der Waals surface area contributed by atoms with Gasteiger partial charge >= 0.3 is 0 Å². The summed E-state index contributed by atoms with van der Waals surface area (Å²) >= 11 is 0. The molecule has 0 spiro atoms. The van der Waals surface area contributed by atoms with Crippen molar-refractivity contribution in [2.75, 3.05) is 31.6 Å². The van der Waals surface area contributed by atoms with Gasteiger partial charge in [-0.25, -0.2) is 0 Å². The minimum atomic E-state index is -0.527. The number of nitrogens with one attached hydrogen (secondary N) is 1. The number of nitro benzene ring substituents is 1. The second kappa shape index (κ2) is 8.07. The molecule has 1 saturated heterocycles. The van der Waals surface area contributed by atoms with E-state index in [1.165, 1.54) is 12.1 Å². The van der Waals surface area contributed by atoms with Crippen molar-refractivity contribution < 1.29 is 14.5 Å². The average Bonchev–Trinajstić information content (AvgIpc) is 2.65. The Labute approximate surface area is 151 Å². The van der Waals surface area contributed by atoms with E-state index in [0.29, 0.717) is 26.3 Å². The normalized spacial score (nSPS) is 16.0. The first-order valence-electron chi connectivity index (χ1n) is 8.48. The molecule has 7 heteroatoms. The van der Waals surface area contributed by atoms with Crippen LogP contribution in [0.2, 0.25) is 0 Å². The first kappa shape index (κ1) is 18.0. The van der Waals surface area contributed by atoms with Crippen LogP contribution in [0.5, 0.6) is 0 Å². The number of benzene rings is 2. The van der Waals surface area contributed by atoms with Gasteiger partial charge in [0, 0.05) is 30.9 Å². The monoisotopic (exact) mass is 355 g/mol. The van der Waals surface area contributed by atoms with Gasteiger partial charge in [-0.2, -0.15) is 0 Å². The van der Waals surface area contributed by atoms with Crippen molar-refractivity contribution in [1.82, 2.24) is 4.90 Å². The highest BCUT2D eigenvalue weighted by molar-refractivity contribution is 5.95. The van der Waals surface area contributed by atoms with E-state index in [1.807, 2.05) is 36.1 Å². The van der Waals surface area contributed by atoms with Crippen molar-refractivity contribution in [3.8, 4) is 0 Å². The van der Waals surface area contributed by atoms with E-state index >= 15 is 0 Å². The Morgan fingerprint density at radius 2 is 1.73 bits per heavy atom. The van der Waals surface area contributed by atoms with Crippen molar-refractivity contribution in [2.24, 2.45) is 0 Å². The first-order chi connectivity index (χ1) is 12.5. The first-order valence-corrected chi connectivity index (χ1v) is 8.48. The lowest BCUT2D eigenvalue weighted by Gasteiger charge is -2.33. The topological polar surface area (TPSA) is 84.7 Å². The van der Waals surface area contributed by atoms with E-state index < -0.39 is 11.0 Å². The number of ether oxygens (including phenoxy) is 1. The lowest BCUT2D eigenvalue weighted by molar-refractivity contribution is -0.384. The number of non-ortho nitro benzene ring substituents is 1. The molecule has 1 unspecified atom stereocenters. The maximum atomic E-state index is 13.0. The molecule has 1 N–H and O–H groups in total. The van der Waals surface area contributed by atoms with Crippen LogP contribution in [-0.2, 0) is 9.53 Å². The Balaban J connectivity index is 1.85. The number of morpholine rings is 1. The van der Waals surface area contributed by atoms with E-state index in [2.05, 4.69) is 5.32 Å². The highest BCUT2D eigenvalue weighted by Crippen LogP contribution is 2.26. The molecule has 1 aliphatic heterocycles.